The minimum atomic E-state index is 0.421. The molecule has 16 heavy (non-hydrogen) atoms. The van der Waals surface area contributed by atoms with Crippen LogP contribution in [-0.4, -0.2) is 4.98 Å². The number of pyridine rings is 1. The lowest BCUT2D eigenvalue weighted by Gasteiger charge is -2.06. The highest BCUT2D eigenvalue weighted by molar-refractivity contribution is 5.57. The van der Waals surface area contributed by atoms with E-state index in [1.54, 1.807) is 36.5 Å². The molecular formula is C12H9N3O. The second-order valence-electron chi connectivity index (χ2n) is 3.13. The van der Waals surface area contributed by atoms with E-state index in [4.69, 9.17) is 15.7 Å². The average molecular weight is 211 g/mol. The second-order valence-corrected chi connectivity index (χ2v) is 3.13. The van der Waals surface area contributed by atoms with E-state index >= 15 is 0 Å². The van der Waals surface area contributed by atoms with Crippen molar-refractivity contribution in [1.29, 1.82) is 5.26 Å². The first-order chi connectivity index (χ1) is 7.79. The molecule has 0 aliphatic rings. The third-order valence-corrected chi connectivity index (χ3v) is 1.99. The average Bonchev–Trinajstić information content (AvgIpc) is 2.33. The molecule has 0 atom stereocenters. The number of aromatic nitrogens is 1. The summed E-state index contributed by atoms with van der Waals surface area (Å²) in [6.45, 7) is 0. The molecule has 2 rings (SSSR count). The Balaban J connectivity index is 2.27. The number of hydrogen-bond acceptors (Lipinski definition) is 4. The zero-order chi connectivity index (χ0) is 11.4. The third kappa shape index (κ3) is 2.10. The first kappa shape index (κ1) is 9.99. The number of nitrogens with two attached hydrogens (primary N) is 1. The molecule has 4 nitrogen and oxygen atoms in total. The van der Waals surface area contributed by atoms with Crippen molar-refractivity contribution in [3.05, 3.63) is 48.2 Å². The Morgan fingerprint density at radius 2 is 2.12 bits per heavy atom. The summed E-state index contributed by atoms with van der Waals surface area (Å²) in [6, 6.07) is 12.2. The summed E-state index contributed by atoms with van der Waals surface area (Å²) in [6.07, 6.45) is 1.63. The molecule has 0 spiro atoms. The number of rotatable bonds is 2. The Kier molecular flexibility index (Phi) is 2.70. The number of ether oxygens (including phenoxy) is 1. The van der Waals surface area contributed by atoms with Crippen molar-refractivity contribution in [2.24, 2.45) is 0 Å². The molecule has 1 aromatic carbocycles. The van der Waals surface area contributed by atoms with Crippen LogP contribution in [0.3, 0.4) is 0 Å². The quantitative estimate of drug-likeness (QED) is 0.774. The molecule has 1 heterocycles. The smallest absolute Gasteiger partial charge is 0.219 e. The summed E-state index contributed by atoms with van der Waals surface area (Å²) in [7, 11) is 0. The number of hydrogen-bond donors (Lipinski definition) is 1. The van der Waals surface area contributed by atoms with Crippen LogP contribution in [0.4, 0.5) is 5.69 Å². The fourth-order valence-corrected chi connectivity index (χ4v) is 1.23. The lowest BCUT2D eigenvalue weighted by molar-refractivity contribution is 0.465. The van der Waals surface area contributed by atoms with Crippen molar-refractivity contribution in [2.45, 2.75) is 0 Å². The van der Waals surface area contributed by atoms with Gasteiger partial charge in [-0.1, -0.05) is 6.07 Å². The minimum Gasteiger partial charge on any atom is -0.437 e. The molecule has 0 fully saturated rings. The van der Waals surface area contributed by atoms with Gasteiger partial charge in [0.05, 0.1) is 17.3 Å². The molecule has 0 bridgehead atoms. The zero-order valence-corrected chi connectivity index (χ0v) is 8.42. The summed E-state index contributed by atoms with van der Waals surface area (Å²) in [5, 5.41) is 8.68. The van der Waals surface area contributed by atoms with E-state index in [2.05, 4.69) is 4.98 Å². The predicted octanol–water partition coefficient (Wildman–Crippen LogP) is 2.33. The summed E-state index contributed by atoms with van der Waals surface area (Å²) >= 11 is 0. The SMILES string of the molecule is N#Cc1ccc(Oc2ccccn2)c(N)c1. The molecule has 1 aromatic heterocycles. The lowest BCUT2D eigenvalue weighted by atomic mass is 10.2. The van der Waals surface area contributed by atoms with E-state index in [0.29, 0.717) is 22.9 Å². The summed E-state index contributed by atoms with van der Waals surface area (Å²) in [5.41, 5.74) is 6.67. The maximum absolute atomic E-state index is 8.68. The summed E-state index contributed by atoms with van der Waals surface area (Å²) in [4.78, 5) is 4.01. The minimum absolute atomic E-state index is 0.421. The van der Waals surface area contributed by atoms with Gasteiger partial charge in [0, 0.05) is 12.3 Å². The van der Waals surface area contributed by atoms with Gasteiger partial charge in [0.15, 0.2) is 5.75 Å². The summed E-state index contributed by atoms with van der Waals surface area (Å²) in [5.74, 6) is 0.969. The van der Waals surface area contributed by atoms with Gasteiger partial charge in [-0.3, -0.25) is 0 Å². The standard InChI is InChI=1S/C12H9N3O/c13-8-9-4-5-11(10(14)7-9)16-12-3-1-2-6-15-12/h1-7H,14H2. The van der Waals surface area contributed by atoms with Crippen molar-refractivity contribution in [3.8, 4) is 17.7 Å². The van der Waals surface area contributed by atoms with Crippen LogP contribution in [0.1, 0.15) is 5.56 Å². The number of nitrogen functional groups attached to an aromatic ring is 1. The molecule has 0 saturated carbocycles. The molecule has 0 aliphatic carbocycles. The molecule has 2 aromatic rings. The number of nitrogens with zero attached hydrogens (tertiary/aromatic N) is 2. The van der Waals surface area contributed by atoms with Gasteiger partial charge in [-0.2, -0.15) is 5.26 Å². The van der Waals surface area contributed by atoms with Crippen molar-refractivity contribution in [3.63, 3.8) is 0 Å². The fourth-order valence-electron chi connectivity index (χ4n) is 1.23. The number of anilines is 1. The first-order valence-electron chi connectivity index (χ1n) is 4.68. The van der Waals surface area contributed by atoms with Crippen molar-refractivity contribution >= 4 is 5.69 Å². The van der Waals surface area contributed by atoms with Crippen molar-refractivity contribution in [1.82, 2.24) is 4.98 Å². The van der Waals surface area contributed by atoms with Gasteiger partial charge in [0.25, 0.3) is 0 Å². The Morgan fingerprint density at radius 3 is 2.75 bits per heavy atom. The monoisotopic (exact) mass is 211 g/mol. The maximum atomic E-state index is 8.68. The van der Waals surface area contributed by atoms with E-state index in [9.17, 15) is 0 Å². The van der Waals surface area contributed by atoms with E-state index < -0.39 is 0 Å². The molecule has 0 radical (unpaired) electrons. The Labute approximate surface area is 92.9 Å². The maximum Gasteiger partial charge on any atom is 0.219 e. The lowest BCUT2D eigenvalue weighted by Crippen LogP contribution is -1.93. The predicted molar refractivity (Wildman–Crippen MR) is 59.9 cm³/mol. The van der Waals surface area contributed by atoms with Crippen LogP contribution < -0.4 is 10.5 Å². The molecule has 0 unspecified atom stereocenters. The summed E-state index contributed by atoms with van der Waals surface area (Å²) < 4.78 is 5.46. The van der Waals surface area contributed by atoms with Crippen LogP contribution in [0.25, 0.3) is 0 Å². The molecule has 0 aliphatic heterocycles. The van der Waals surface area contributed by atoms with Crippen LogP contribution in [0, 0.1) is 11.3 Å². The number of benzene rings is 1. The second kappa shape index (κ2) is 4.32. The van der Waals surface area contributed by atoms with Crippen molar-refractivity contribution < 1.29 is 4.74 Å². The highest BCUT2D eigenvalue weighted by Gasteiger charge is 2.03. The Hall–Kier alpha value is -2.54. The van der Waals surface area contributed by atoms with Crippen LogP contribution in [0.5, 0.6) is 11.6 Å². The number of nitriles is 1. The molecule has 0 saturated heterocycles. The van der Waals surface area contributed by atoms with Crippen LogP contribution in [0.2, 0.25) is 0 Å². The van der Waals surface area contributed by atoms with Gasteiger partial charge in [0.1, 0.15) is 0 Å². The Morgan fingerprint density at radius 1 is 1.25 bits per heavy atom. The van der Waals surface area contributed by atoms with E-state index in [-0.39, 0.29) is 0 Å². The van der Waals surface area contributed by atoms with Crippen LogP contribution in [-0.2, 0) is 0 Å². The van der Waals surface area contributed by atoms with E-state index in [1.807, 2.05) is 12.1 Å². The highest BCUT2D eigenvalue weighted by Crippen LogP contribution is 2.26. The van der Waals surface area contributed by atoms with E-state index in [1.165, 1.54) is 0 Å². The van der Waals surface area contributed by atoms with Crippen LogP contribution >= 0.6 is 0 Å². The largest absolute Gasteiger partial charge is 0.437 e. The molecule has 4 heteroatoms. The molecule has 78 valence electrons. The Bertz CT molecular complexity index is 532. The first-order valence-corrected chi connectivity index (χ1v) is 4.68. The van der Waals surface area contributed by atoms with Gasteiger partial charge in [-0.05, 0) is 24.3 Å². The fraction of sp³-hybridized carbons (Fsp3) is 0. The van der Waals surface area contributed by atoms with Gasteiger partial charge >= 0.3 is 0 Å². The van der Waals surface area contributed by atoms with Crippen molar-refractivity contribution in [2.75, 3.05) is 5.73 Å². The zero-order valence-electron chi connectivity index (χ0n) is 8.42. The van der Waals surface area contributed by atoms with E-state index in [0.717, 1.165) is 0 Å². The topological polar surface area (TPSA) is 71.9 Å². The van der Waals surface area contributed by atoms with Gasteiger partial charge in [-0.15, -0.1) is 0 Å². The van der Waals surface area contributed by atoms with Gasteiger partial charge in [-0.25, -0.2) is 4.98 Å². The molecule has 0 amide bonds. The molecule has 2 N–H and O–H groups in total. The molecular weight excluding hydrogens is 202 g/mol. The third-order valence-electron chi connectivity index (χ3n) is 1.99. The normalized spacial score (nSPS) is 9.44. The van der Waals surface area contributed by atoms with Crippen LogP contribution in [0.15, 0.2) is 42.6 Å². The highest BCUT2D eigenvalue weighted by atomic mass is 16.5. The van der Waals surface area contributed by atoms with Gasteiger partial charge < -0.3 is 10.5 Å². The van der Waals surface area contributed by atoms with Gasteiger partial charge in [0.2, 0.25) is 5.88 Å².